The van der Waals surface area contributed by atoms with E-state index in [1.165, 1.54) is 199 Å². The maximum absolute atomic E-state index is 13.6. The van der Waals surface area contributed by atoms with Crippen molar-refractivity contribution < 1.29 is 37.3 Å². The minimum absolute atomic E-state index is 0.0241. The summed E-state index contributed by atoms with van der Waals surface area (Å²) in [6, 6.07) is -0.892. The van der Waals surface area contributed by atoms with Gasteiger partial charge in [0.15, 0.2) is 0 Å². The number of amides is 1. The lowest BCUT2D eigenvalue weighted by Crippen LogP contribution is -2.47. The number of allylic oxidation sites excluding steroid dienone is 9. The molecule has 0 aromatic carbocycles. The first kappa shape index (κ1) is 76.7. The highest BCUT2D eigenvalue weighted by molar-refractivity contribution is 7.45. The summed E-state index contributed by atoms with van der Waals surface area (Å²) in [5, 5.41) is 3.04. The third-order valence-corrected chi connectivity index (χ3v) is 15.9. The quantitative estimate of drug-likeness (QED) is 0.0212. The van der Waals surface area contributed by atoms with Gasteiger partial charge < -0.3 is 28.5 Å². The number of carbonyl (C=O) groups is 2. The number of unbranched alkanes of at least 4 members (excludes halogenated alkanes) is 37. The fourth-order valence-electron chi connectivity index (χ4n) is 9.70. The van der Waals surface area contributed by atoms with Crippen molar-refractivity contribution in [1.29, 1.82) is 0 Å². The first-order chi connectivity index (χ1) is 38.4. The Morgan fingerprint density at radius 3 is 1.19 bits per heavy atom. The third kappa shape index (κ3) is 60.1. The summed E-state index contributed by atoms with van der Waals surface area (Å²) in [7, 11) is 1.18. The molecule has 0 heterocycles. The number of hydrogen-bond donors (Lipinski definition) is 1. The molecule has 0 spiro atoms. The van der Waals surface area contributed by atoms with Gasteiger partial charge in [0.05, 0.1) is 33.8 Å². The Bertz CT molecular complexity index is 1540. The normalized spacial score (nSPS) is 14.0. The molecule has 9 nitrogen and oxygen atoms in total. The van der Waals surface area contributed by atoms with Gasteiger partial charge >= 0.3 is 5.97 Å². The fourth-order valence-corrected chi connectivity index (χ4v) is 10.4. The molecule has 0 aromatic rings. The van der Waals surface area contributed by atoms with E-state index in [2.05, 4.69) is 74.7 Å². The van der Waals surface area contributed by atoms with Crippen molar-refractivity contribution in [2.24, 2.45) is 0 Å². The second-order valence-electron chi connectivity index (χ2n) is 24.0. The van der Waals surface area contributed by atoms with Crippen LogP contribution >= 0.6 is 7.82 Å². The van der Waals surface area contributed by atoms with Crippen LogP contribution in [0.4, 0.5) is 0 Å². The SMILES string of the molecule is CCCCC/C=C\C/C=C\C/C=C\CCCCCCCCCCC(=O)OC(/C=C/CCCCCCCCCCC)C(COP(=O)([O-])OCC[N+](C)(C)C)NC(=O)CCCCCCCCCCCCC/C=C/CCCCCCCC. The molecule has 0 radical (unpaired) electrons. The average molecular weight is 1130 g/mol. The smallest absolute Gasteiger partial charge is 0.306 e. The summed E-state index contributed by atoms with van der Waals surface area (Å²) in [5.41, 5.74) is 0. The second-order valence-corrected chi connectivity index (χ2v) is 25.4. The van der Waals surface area contributed by atoms with Crippen LogP contribution in [0.25, 0.3) is 0 Å². The Kier molecular flexibility index (Phi) is 57.2. The van der Waals surface area contributed by atoms with Gasteiger partial charge in [-0.2, -0.15) is 0 Å². The molecule has 1 N–H and O–H groups in total. The zero-order valence-corrected chi connectivity index (χ0v) is 53.7. The largest absolute Gasteiger partial charge is 0.756 e. The summed E-state index contributed by atoms with van der Waals surface area (Å²) in [6.07, 6.45) is 74.7. The Morgan fingerprint density at radius 1 is 0.443 bits per heavy atom. The zero-order valence-electron chi connectivity index (χ0n) is 52.8. The monoisotopic (exact) mass is 1130 g/mol. The number of ether oxygens (including phenoxy) is 1. The van der Waals surface area contributed by atoms with Gasteiger partial charge in [-0.25, -0.2) is 0 Å². The van der Waals surface area contributed by atoms with Crippen LogP contribution in [0.2, 0.25) is 0 Å². The number of phosphoric acid groups is 1. The molecule has 0 aliphatic heterocycles. The van der Waals surface area contributed by atoms with E-state index >= 15 is 0 Å². The summed E-state index contributed by atoms with van der Waals surface area (Å²) >= 11 is 0. The third-order valence-electron chi connectivity index (χ3n) is 14.9. The molecule has 3 atom stereocenters. The van der Waals surface area contributed by atoms with Gasteiger partial charge in [-0.15, -0.1) is 0 Å². The Hall–Kier alpha value is -2.29. The number of carbonyl (C=O) groups excluding carboxylic acids is 2. The van der Waals surface area contributed by atoms with E-state index in [1.54, 1.807) is 0 Å². The van der Waals surface area contributed by atoms with Gasteiger partial charge in [-0.1, -0.05) is 268 Å². The second kappa shape index (κ2) is 58.9. The Morgan fingerprint density at radius 2 is 0.772 bits per heavy atom. The van der Waals surface area contributed by atoms with Crippen LogP contribution in [0.3, 0.4) is 0 Å². The molecule has 1 amide bonds. The number of hydrogen-bond acceptors (Lipinski definition) is 7. The standard InChI is InChI=1S/C69H129N2O7P/c1-7-10-13-16-19-22-25-27-29-31-33-35-37-39-41-43-46-49-52-55-58-61-68(72)70-66(65-77-79(74,75)76-64-63-71(4,5)6)67(60-57-54-51-48-45-24-21-18-15-12-9-3)78-69(73)62-59-56-53-50-47-44-42-40-38-36-34-32-30-28-26-23-20-17-14-11-8-2/h20,23,27-30,34,36,57,60,66-67H,7-19,21-22,24-26,31-33,35,37-56,58-59,61-65H2,1-6H3,(H-,70,72,74,75)/b23-20-,29-27+,30-28-,36-34-,60-57+. The molecule has 3 unspecified atom stereocenters. The van der Waals surface area contributed by atoms with E-state index in [0.29, 0.717) is 17.4 Å². The maximum Gasteiger partial charge on any atom is 0.306 e. The molecule has 0 fully saturated rings. The van der Waals surface area contributed by atoms with Gasteiger partial charge in [0, 0.05) is 12.8 Å². The van der Waals surface area contributed by atoms with Gasteiger partial charge in [-0.3, -0.25) is 14.2 Å². The highest BCUT2D eigenvalue weighted by Crippen LogP contribution is 2.38. The van der Waals surface area contributed by atoms with Crippen molar-refractivity contribution in [3.8, 4) is 0 Å². The summed E-state index contributed by atoms with van der Waals surface area (Å²) in [5.74, 6) is -0.542. The van der Waals surface area contributed by atoms with Crippen molar-refractivity contribution >= 4 is 19.7 Å². The van der Waals surface area contributed by atoms with Crippen LogP contribution in [0.15, 0.2) is 60.8 Å². The molecule has 0 aliphatic carbocycles. The number of rotatable bonds is 61. The van der Waals surface area contributed by atoms with E-state index in [-0.39, 0.29) is 24.9 Å². The van der Waals surface area contributed by atoms with Gasteiger partial charge in [0.2, 0.25) is 5.91 Å². The van der Waals surface area contributed by atoms with Gasteiger partial charge in [-0.05, 0) is 96.0 Å². The van der Waals surface area contributed by atoms with Gasteiger partial charge in [0.1, 0.15) is 19.3 Å². The summed E-state index contributed by atoms with van der Waals surface area (Å²) in [6.45, 7) is 6.83. The first-order valence-electron chi connectivity index (χ1n) is 33.6. The van der Waals surface area contributed by atoms with E-state index in [9.17, 15) is 19.0 Å². The maximum atomic E-state index is 13.6. The summed E-state index contributed by atoms with van der Waals surface area (Å²) < 4.78 is 30.4. The molecule has 0 rings (SSSR count). The van der Waals surface area contributed by atoms with E-state index in [0.717, 1.165) is 83.5 Å². The fraction of sp³-hybridized carbons (Fsp3) is 0.826. The number of likely N-dealkylation sites (N-methyl/N-ethyl adjacent to an activating group) is 1. The molecule has 0 bridgehead atoms. The predicted molar refractivity (Wildman–Crippen MR) is 339 cm³/mol. The van der Waals surface area contributed by atoms with Crippen molar-refractivity contribution in [3.05, 3.63) is 60.8 Å². The lowest BCUT2D eigenvalue weighted by Gasteiger charge is -2.30. The van der Waals surface area contributed by atoms with Crippen LogP contribution in [-0.4, -0.2) is 69.4 Å². The minimum atomic E-state index is -4.70. The molecule has 0 aromatic heterocycles. The van der Waals surface area contributed by atoms with Crippen LogP contribution < -0.4 is 10.2 Å². The number of nitrogens with one attached hydrogen (secondary N) is 1. The lowest BCUT2D eigenvalue weighted by atomic mass is 10.0. The highest BCUT2D eigenvalue weighted by Gasteiger charge is 2.27. The number of phosphoric ester groups is 1. The van der Waals surface area contributed by atoms with Crippen molar-refractivity contribution in [2.45, 2.75) is 328 Å². The topological polar surface area (TPSA) is 114 Å². The molecular formula is C69H129N2O7P. The number of nitrogens with zero attached hydrogens (tertiary/aromatic N) is 1. The van der Waals surface area contributed by atoms with Crippen LogP contribution in [0.1, 0.15) is 316 Å². The number of esters is 1. The van der Waals surface area contributed by atoms with Crippen LogP contribution in [-0.2, 0) is 27.9 Å². The highest BCUT2D eigenvalue weighted by atomic mass is 31.2. The van der Waals surface area contributed by atoms with Crippen molar-refractivity contribution in [2.75, 3.05) is 40.9 Å². The van der Waals surface area contributed by atoms with E-state index in [1.807, 2.05) is 33.3 Å². The lowest BCUT2D eigenvalue weighted by molar-refractivity contribution is -0.870. The molecular weight excluding hydrogens is 1000 g/mol. The van der Waals surface area contributed by atoms with Crippen LogP contribution in [0.5, 0.6) is 0 Å². The van der Waals surface area contributed by atoms with Crippen molar-refractivity contribution in [1.82, 2.24) is 5.32 Å². The average Bonchev–Trinajstić information content (AvgIpc) is 3.41. The predicted octanol–water partition coefficient (Wildman–Crippen LogP) is 20.4. The molecule has 0 saturated carbocycles. The molecule has 79 heavy (non-hydrogen) atoms. The molecule has 10 heteroatoms. The van der Waals surface area contributed by atoms with E-state index in [4.69, 9.17) is 13.8 Å². The molecule has 0 saturated heterocycles. The van der Waals surface area contributed by atoms with Crippen molar-refractivity contribution in [3.63, 3.8) is 0 Å². The zero-order chi connectivity index (χ0) is 57.9. The van der Waals surface area contributed by atoms with Gasteiger partial charge in [0.25, 0.3) is 7.82 Å². The molecule has 462 valence electrons. The molecule has 0 aliphatic rings. The Balaban J connectivity index is 5.12. The first-order valence-corrected chi connectivity index (χ1v) is 35.1. The Labute approximate surface area is 490 Å². The van der Waals surface area contributed by atoms with E-state index < -0.39 is 26.6 Å². The summed E-state index contributed by atoms with van der Waals surface area (Å²) in [4.78, 5) is 40.1. The minimum Gasteiger partial charge on any atom is -0.756 e. The van der Waals surface area contributed by atoms with Crippen LogP contribution in [0, 0.1) is 0 Å². The number of quaternary nitrogens is 1.